The standard InChI is InChI=1S/C26H30N4O6/c1-15-19(3-4-20-21(15)14-36-26(20)33)23(31)11-30-17-8-29(9-18(30)13-35-12-17)10-24(32)22-5-25(34-2)16(6-27)7-28-22/h3-5,7,17-18,23-24,31-32H,8-14H2,1-2H3/t17?,18?,23?,24-/m1/s1. The first-order valence-electron chi connectivity index (χ1n) is 12.0. The number of aliphatic hydroxyl groups excluding tert-OH is 2. The highest BCUT2D eigenvalue weighted by Gasteiger charge is 2.40. The number of carbonyl (C=O) groups is 1. The van der Waals surface area contributed by atoms with Crippen LogP contribution in [0.4, 0.5) is 0 Å². The number of hydrogen-bond acceptors (Lipinski definition) is 10. The fourth-order valence-electron chi connectivity index (χ4n) is 5.51. The minimum atomic E-state index is -0.829. The summed E-state index contributed by atoms with van der Waals surface area (Å²) >= 11 is 0. The molecule has 0 saturated carbocycles. The number of aliphatic hydroxyl groups is 2. The zero-order valence-electron chi connectivity index (χ0n) is 20.4. The van der Waals surface area contributed by atoms with Crippen molar-refractivity contribution in [3.05, 3.63) is 57.9 Å². The summed E-state index contributed by atoms with van der Waals surface area (Å²) in [4.78, 5) is 20.6. The van der Waals surface area contributed by atoms with Gasteiger partial charge in [-0.1, -0.05) is 6.07 Å². The molecule has 3 aliphatic heterocycles. The van der Waals surface area contributed by atoms with Crippen molar-refractivity contribution < 1.29 is 29.2 Å². The molecule has 36 heavy (non-hydrogen) atoms. The third kappa shape index (κ3) is 4.56. The Kier molecular flexibility index (Phi) is 6.92. The number of methoxy groups -OCH3 is 1. The van der Waals surface area contributed by atoms with E-state index in [1.807, 2.05) is 19.1 Å². The van der Waals surface area contributed by atoms with Crippen LogP contribution in [0.5, 0.6) is 5.75 Å². The van der Waals surface area contributed by atoms with Crippen LogP contribution in [-0.4, -0.2) is 89.6 Å². The molecule has 4 atom stereocenters. The summed E-state index contributed by atoms with van der Waals surface area (Å²) in [7, 11) is 1.48. The van der Waals surface area contributed by atoms with Crippen molar-refractivity contribution in [2.75, 3.05) is 46.5 Å². The number of pyridine rings is 1. The number of nitriles is 1. The number of rotatable bonds is 7. The first-order chi connectivity index (χ1) is 17.4. The highest BCUT2D eigenvalue weighted by molar-refractivity contribution is 5.93. The average molecular weight is 495 g/mol. The van der Waals surface area contributed by atoms with Gasteiger partial charge in [0, 0.05) is 56.1 Å². The number of benzene rings is 1. The smallest absolute Gasteiger partial charge is 0.338 e. The summed E-state index contributed by atoms with van der Waals surface area (Å²) in [5.74, 6) is 0.0807. The molecule has 3 unspecified atom stereocenters. The van der Waals surface area contributed by atoms with Crippen LogP contribution >= 0.6 is 0 Å². The van der Waals surface area contributed by atoms with Gasteiger partial charge < -0.3 is 24.4 Å². The monoisotopic (exact) mass is 494 g/mol. The Morgan fingerprint density at radius 1 is 1.22 bits per heavy atom. The molecule has 10 nitrogen and oxygen atoms in total. The largest absolute Gasteiger partial charge is 0.495 e. The van der Waals surface area contributed by atoms with E-state index < -0.39 is 12.2 Å². The lowest BCUT2D eigenvalue weighted by Gasteiger charge is -2.50. The Balaban J connectivity index is 1.25. The Hall–Kier alpha value is -3.07. The predicted octanol–water partition coefficient (Wildman–Crippen LogP) is 1.09. The molecular formula is C26H30N4O6. The summed E-state index contributed by atoms with van der Waals surface area (Å²) in [6, 6.07) is 7.35. The predicted molar refractivity (Wildman–Crippen MR) is 127 cm³/mol. The summed E-state index contributed by atoms with van der Waals surface area (Å²) < 4.78 is 16.2. The maximum absolute atomic E-state index is 11.9. The number of aromatic nitrogens is 1. The van der Waals surface area contributed by atoms with Crippen LogP contribution < -0.4 is 4.74 Å². The van der Waals surface area contributed by atoms with Crippen LogP contribution in [0.25, 0.3) is 0 Å². The van der Waals surface area contributed by atoms with E-state index in [9.17, 15) is 15.0 Å². The molecule has 5 rings (SSSR count). The molecule has 1 aromatic carbocycles. The van der Waals surface area contributed by atoms with E-state index in [1.54, 1.807) is 12.1 Å². The van der Waals surface area contributed by atoms with E-state index >= 15 is 0 Å². The number of esters is 1. The number of carbonyl (C=O) groups excluding carboxylic acids is 1. The SMILES string of the molecule is COc1cc([C@H](O)CN2CC3COCC(C2)N3CC(O)c2ccc3c(c2C)COC3=O)ncc1C#N. The first kappa shape index (κ1) is 24.6. The van der Waals surface area contributed by atoms with Gasteiger partial charge in [-0.25, -0.2) is 4.79 Å². The minimum Gasteiger partial charge on any atom is -0.495 e. The maximum Gasteiger partial charge on any atom is 0.338 e. The van der Waals surface area contributed by atoms with E-state index in [0.29, 0.717) is 62.0 Å². The molecule has 190 valence electrons. The van der Waals surface area contributed by atoms with E-state index in [0.717, 1.165) is 16.7 Å². The van der Waals surface area contributed by atoms with Gasteiger partial charge in [-0.15, -0.1) is 0 Å². The summed E-state index contributed by atoms with van der Waals surface area (Å²) in [6.07, 6.45) is -0.117. The van der Waals surface area contributed by atoms with Crippen LogP contribution in [0, 0.1) is 18.3 Å². The highest BCUT2D eigenvalue weighted by atomic mass is 16.5. The third-order valence-corrected chi connectivity index (χ3v) is 7.45. The molecular weight excluding hydrogens is 464 g/mol. The van der Waals surface area contributed by atoms with Gasteiger partial charge in [0.2, 0.25) is 0 Å². The number of fused-ring (bicyclic) bond motifs is 3. The van der Waals surface area contributed by atoms with Gasteiger partial charge in [0.1, 0.15) is 30.1 Å². The number of ether oxygens (including phenoxy) is 3. The fourth-order valence-corrected chi connectivity index (χ4v) is 5.51. The second kappa shape index (κ2) is 10.1. The van der Waals surface area contributed by atoms with Crippen LogP contribution in [0.15, 0.2) is 24.4 Å². The quantitative estimate of drug-likeness (QED) is 0.540. The van der Waals surface area contributed by atoms with Crippen molar-refractivity contribution in [1.82, 2.24) is 14.8 Å². The number of hydrogen-bond donors (Lipinski definition) is 2. The second-order valence-electron chi connectivity index (χ2n) is 9.60. The maximum atomic E-state index is 11.9. The van der Waals surface area contributed by atoms with Crippen molar-refractivity contribution >= 4 is 5.97 Å². The molecule has 2 aromatic rings. The number of β-amino-alcohol motifs (C(OH)–C–C–N with tert-alkyl or cyclic N) is 1. The van der Waals surface area contributed by atoms with Crippen LogP contribution in [-0.2, 0) is 16.1 Å². The summed E-state index contributed by atoms with van der Waals surface area (Å²) in [5, 5.41) is 31.2. The van der Waals surface area contributed by atoms with Gasteiger partial charge in [0.05, 0.1) is 37.7 Å². The lowest BCUT2D eigenvalue weighted by molar-refractivity contribution is -0.113. The molecule has 1 aromatic heterocycles. The van der Waals surface area contributed by atoms with Crippen LogP contribution in [0.3, 0.4) is 0 Å². The molecule has 0 amide bonds. The van der Waals surface area contributed by atoms with Crippen molar-refractivity contribution in [2.24, 2.45) is 0 Å². The minimum absolute atomic E-state index is 0.0717. The van der Waals surface area contributed by atoms with Crippen LogP contribution in [0.2, 0.25) is 0 Å². The van der Waals surface area contributed by atoms with Crippen molar-refractivity contribution in [1.29, 1.82) is 5.26 Å². The molecule has 0 radical (unpaired) electrons. The lowest BCUT2D eigenvalue weighted by atomic mass is 9.94. The zero-order valence-corrected chi connectivity index (χ0v) is 20.4. The number of nitrogens with zero attached hydrogens (tertiary/aromatic N) is 4. The molecule has 0 aliphatic carbocycles. The Morgan fingerprint density at radius 2 is 1.97 bits per heavy atom. The Morgan fingerprint density at radius 3 is 2.67 bits per heavy atom. The molecule has 2 fully saturated rings. The van der Waals surface area contributed by atoms with Gasteiger partial charge in [0.25, 0.3) is 0 Å². The van der Waals surface area contributed by atoms with E-state index in [-0.39, 0.29) is 24.7 Å². The van der Waals surface area contributed by atoms with Gasteiger partial charge in [0.15, 0.2) is 0 Å². The number of piperazine rings is 1. The molecule has 2 N–H and O–H groups in total. The summed E-state index contributed by atoms with van der Waals surface area (Å²) in [6.45, 7) is 5.48. The topological polar surface area (TPSA) is 128 Å². The van der Waals surface area contributed by atoms with Crippen LogP contribution in [0.1, 0.15) is 50.5 Å². The van der Waals surface area contributed by atoms with E-state index in [1.165, 1.54) is 13.3 Å². The number of cyclic esters (lactones) is 1. The fraction of sp³-hybridized carbons (Fsp3) is 0.500. The molecule has 2 saturated heterocycles. The molecule has 0 spiro atoms. The highest BCUT2D eigenvalue weighted by Crippen LogP contribution is 2.32. The van der Waals surface area contributed by atoms with Crippen molar-refractivity contribution in [2.45, 2.75) is 37.8 Å². The number of morpholine rings is 1. The molecule has 2 bridgehead atoms. The lowest BCUT2D eigenvalue weighted by Crippen LogP contribution is -2.65. The Labute approximate surface area is 209 Å². The molecule has 4 heterocycles. The van der Waals surface area contributed by atoms with Crippen molar-refractivity contribution in [3.63, 3.8) is 0 Å². The summed E-state index contributed by atoms with van der Waals surface area (Å²) in [5.41, 5.74) is 3.93. The first-order valence-corrected chi connectivity index (χ1v) is 12.0. The zero-order chi connectivity index (χ0) is 25.4. The molecule has 3 aliphatic rings. The van der Waals surface area contributed by atoms with E-state index in [4.69, 9.17) is 19.5 Å². The van der Waals surface area contributed by atoms with E-state index in [2.05, 4.69) is 14.8 Å². The van der Waals surface area contributed by atoms with Gasteiger partial charge in [-0.3, -0.25) is 14.8 Å². The van der Waals surface area contributed by atoms with Gasteiger partial charge in [-0.2, -0.15) is 5.26 Å². The van der Waals surface area contributed by atoms with Crippen molar-refractivity contribution in [3.8, 4) is 11.8 Å². The second-order valence-corrected chi connectivity index (χ2v) is 9.60. The third-order valence-electron chi connectivity index (χ3n) is 7.45. The normalized spacial score (nSPS) is 23.5. The average Bonchev–Trinajstić information content (AvgIpc) is 3.25. The van der Waals surface area contributed by atoms with Gasteiger partial charge in [-0.05, 0) is 24.1 Å². The molecule has 10 heteroatoms. The Bertz CT molecular complexity index is 1180. The van der Waals surface area contributed by atoms with Gasteiger partial charge >= 0.3 is 5.97 Å².